The number of nitrogens with one attached hydrogen (secondary N) is 3. The number of carbonyl (C=O) groups is 1. The Balaban J connectivity index is 2.56. The topological polar surface area (TPSA) is 74.0 Å². The fourth-order valence-electron chi connectivity index (χ4n) is 1.19. The van der Waals surface area contributed by atoms with Crippen LogP contribution in [0.3, 0.4) is 0 Å². The summed E-state index contributed by atoms with van der Waals surface area (Å²) in [7, 11) is 1.83. The van der Waals surface area contributed by atoms with Gasteiger partial charge in [-0.1, -0.05) is 0 Å². The van der Waals surface area contributed by atoms with Crippen molar-refractivity contribution in [2.24, 2.45) is 0 Å². The zero-order chi connectivity index (χ0) is 12.0. The zero-order valence-electron chi connectivity index (χ0n) is 8.97. The predicted molar refractivity (Wildman–Crippen MR) is 66.6 cm³/mol. The molecule has 0 spiro atoms. The van der Waals surface area contributed by atoms with E-state index in [2.05, 4.69) is 31.5 Å². The minimum atomic E-state index is -0.301. The molecule has 1 amide bonds. The summed E-state index contributed by atoms with van der Waals surface area (Å²) in [5.74, 6) is -0.154. The van der Waals surface area contributed by atoms with Gasteiger partial charge in [0, 0.05) is 17.1 Å². The highest BCUT2D eigenvalue weighted by Crippen LogP contribution is 2.10. The van der Waals surface area contributed by atoms with Gasteiger partial charge in [-0.3, -0.25) is 9.59 Å². The highest BCUT2D eigenvalue weighted by atomic mass is 79.9. The van der Waals surface area contributed by atoms with E-state index in [0.29, 0.717) is 6.42 Å². The minimum absolute atomic E-state index is 0.154. The Morgan fingerprint density at radius 2 is 2.31 bits per heavy atom. The summed E-state index contributed by atoms with van der Waals surface area (Å²) in [6.07, 6.45) is 2.67. The first-order chi connectivity index (χ1) is 7.63. The van der Waals surface area contributed by atoms with Crippen LogP contribution in [-0.4, -0.2) is 24.5 Å². The largest absolute Gasteiger partial charge is 0.326 e. The van der Waals surface area contributed by atoms with Gasteiger partial charge in [-0.05, 0) is 42.0 Å². The quantitative estimate of drug-likeness (QED) is 0.710. The fourth-order valence-corrected chi connectivity index (χ4v) is 1.53. The molecule has 0 saturated carbocycles. The van der Waals surface area contributed by atoms with E-state index in [4.69, 9.17) is 0 Å². The Bertz CT molecular complexity index is 417. The maximum atomic E-state index is 11.4. The molecule has 1 rings (SSSR count). The molecule has 88 valence electrons. The number of hydrogen-bond acceptors (Lipinski definition) is 3. The van der Waals surface area contributed by atoms with Crippen LogP contribution in [-0.2, 0) is 4.79 Å². The van der Waals surface area contributed by atoms with Crippen LogP contribution in [0.25, 0.3) is 0 Å². The number of halogens is 1. The fraction of sp³-hybridized carbons (Fsp3) is 0.400. The predicted octanol–water partition coefficient (Wildman–Crippen LogP) is 1.08. The molecule has 0 aromatic carbocycles. The Labute approximate surface area is 102 Å². The molecule has 1 aromatic heterocycles. The van der Waals surface area contributed by atoms with Crippen LogP contribution < -0.4 is 16.2 Å². The second kappa shape index (κ2) is 6.44. The second-order valence-electron chi connectivity index (χ2n) is 3.32. The molecule has 16 heavy (non-hydrogen) atoms. The number of anilines is 1. The first kappa shape index (κ1) is 12.9. The first-order valence-corrected chi connectivity index (χ1v) is 5.75. The Kier molecular flexibility index (Phi) is 5.21. The summed E-state index contributed by atoms with van der Waals surface area (Å²) in [5.41, 5.74) is -0.0333. The number of rotatable bonds is 5. The van der Waals surface area contributed by atoms with Crippen LogP contribution in [0.5, 0.6) is 0 Å². The van der Waals surface area contributed by atoms with Crippen molar-refractivity contribution in [2.45, 2.75) is 12.8 Å². The van der Waals surface area contributed by atoms with Crippen LogP contribution >= 0.6 is 15.9 Å². The molecule has 0 fully saturated rings. The van der Waals surface area contributed by atoms with Gasteiger partial charge in [-0.2, -0.15) is 0 Å². The average molecular weight is 288 g/mol. The van der Waals surface area contributed by atoms with Crippen molar-refractivity contribution in [3.05, 3.63) is 27.1 Å². The summed E-state index contributed by atoms with van der Waals surface area (Å²) < 4.78 is 0.720. The molecular formula is C10H14BrN3O2. The number of hydrogen-bond donors (Lipinski definition) is 3. The van der Waals surface area contributed by atoms with Crippen LogP contribution in [0.15, 0.2) is 21.5 Å². The standard InChI is InChI=1S/C10H14BrN3O2/c1-12-4-2-3-9(15)14-8-5-7(11)6-13-10(8)16/h5-6,12H,2-4H2,1H3,(H,13,16)(H,14,15). The van der Waals surface area contributed by atoms with E-state index in [1.54, 1.807) is 6.07 Å². The maximum Gasteiger partial charge on any atom is 0.271 e. The van der Waals surface area contributed by atoms with E-state index in [-0.39, 0.29) is 17.2 Å². The van der Waals surface area contributed by atoms with E-state index in [1.807, 2.05) is 7.05 Å². The van der Waals surface area contributed by atoms with E-state index in [1.165, 1.54) is 6.20 Å². The van der Waals surface area contributed by atoms with Crippen molar-refractivity contribution in [2.75, 3.05) is 18.9 Å². The third-order valence-corrected chi connectivity index (χ3v) is 2.43. The van der Waals surface area contributed by atoms with Gasteiger partial charge in [0.1, 0.15) is 5.69 Å². The summed E-state index contributed by atoms with van der Waals surface area (Å²) in [5, 5.41) is 5.52. The van der Waals surface area contributed by atoms with Crippen LogP contribution in [0.2, 0.25) is 0 Å². The Hall–Kier alpha value is -1.14. The van der Waals surface area contributed by atoms with Crippen LogP contribution in [0.4, 0.5) is 5.69 Å². The molecule has 6 heteroatoms. The number of H-pyrrole nitrogens is 1. The van der Waals surface area contributed by atoms with Crippen molar-refractivity contribution in [3.8, 4) is 0 Å². The van der Waals surface area contributed by atoms with E-state index >= 15 is 0 Å². The summed E-state index contributed by atoms with van der Waals surface area (Å²) in [4.78, 5) is 25.3. The van der Waals surface area contributed by atoms with E-state index in [0.717, 1.165) is 17.4 Å². The highest BCUT2D eigenvalue weighted by molar-refractivity contribution is 9.10. The lowest BCUT2D eigenvalue weighted by Gasteiger charge is -2.04. The Morgan fingerprint density at radius 1 is 1.56 bits per heavy atom. The number of pyridine rings is 1. The lowest BCUT2D eigenvalue weighted by Crippen LogP contribution is -2.20. The molecule has 5 nitrogen and oxygen atoms in total. The number of aromatic nitrogens is 1. The van der Waals surface area contributed by atoms with Crippen LogP contribution in [0.1, 0.15) is 12.8 Å². The third kappa shape index (κ3) is 4.16. The summed E-state index contributed by atoms with van der Waals surface area (Å²) >= 11 is 3.22. The number of carbonyl (C=O) groups excluding carboxylic acids is 1. The molecule has 0 aliphatic heterocycles. The third-order valence-electron chi connectivity index (χ3n) is 1.97. The maximum absolute atomic E-state index is 11.4. The molecule has 1 aromatic rings. The molecule has 0 bridgehead atoms. The number of aromatic amines is 1. The van der Waals surface area contributed by atoms with Crippen molar-refractivity contribution in [1.82, 2.24) is 10.3 Å². The molecule has 0 saturated heterocycles. The van der Waals surface area contributed by atoms with E-state index in [9.17, 15) is 9.59 Å². The average Bonchev–Trinajstić information content (AvgIpc) is 2.24. The zero-order valence-corrected chi connectivity index (χ0v) is 10.6. The molecular weight excluding hydrogens is 274 g/mol. The minimum Gasteiger partial charge on any atom is -0.326 e. The molecule has 0 atom stereocenters. The molecule has 0 radical (unpaired) electrons. The van der Waals surface area contributed by atoms with Gasteiger partial charge < -0.3 is 15.6 Å². The van der Waals surface area contributed by atoms with Gasteiger partial charge in [-0.15, -0.1) is 0 Å². The molecule has 0 aliphatic rings. The Morgan fingerprint density at radius 3 is 3.00 bits per heavy atom. The first-order valence-electron chi connectivity index (χ1n) is 4.96. The molecule has 0 unspecified atom stereocenters. The van der Waals surface area contributed by atoms with Gasteiger partial charge in [0.05, 0.1) is 0 Å². The van der Waals surface area contributed by atoms with Gasteiger partial charge >= 0.3 is 0 Å². The van der Waals surface area contributed by atoms with Gasteiger partial charge in [0.25, 0.3) is 5.56 Å². The summed E-state index contributed by atoms with van der Waals surface area (Å²) in [6, 6.07) is 1.58. The van der Waals surface area contributed by atoms with E-state index < -0.39 is 0 Å². The van der Waals surface area contributed by atoms with Gasteiger partial charge in [-0.25, -0.2) is 0 Å². The number of amides is 1. The monoisotopic (exact) mass is 287 g/mol. The SMILES string of the molecule is CNCCCC(=O)Nc1cc(Br)c[nH]c1=O. The second-order valence-corrected chi connectivity index (χ2v) is 4.23. The van der Waals surface area contributed by atoms with Crippen molar-refractivity contribution >= 4 is 27.5 Å². The lowest BCUT2D eigenvalue weighted by atomic mass is 10.3. The van der Waals surface area contributed by atoms with Crippen molar-refractivity contribution in [1.29, 1.82) is 0 Å². The van der Waals surface area contributed by atoms with Gasteiger partial charge in [0.15, 0.2) is 0 Å². The van der Waals surface area contributed by atoms with Crippen molar-refractivity contribution < 1.29 is 4.79 Å². The summed E-state index contributed by atoms with van der Waals surface area (Å²) in [6.45, 7) is 0.780. The lowest BCUT2D eigenvalue weighted by molar-refractivity contribution is -0.116. The van der Waals surface area contributed by atoms with Crippen LogP contribution in [0, 0.1) is 0 Å². The molecule has 1 heterocycles. The van der Waals surface area contributed by atoms with Gasteiger partial charge in [0.2, 0.25) is 5.91 Å². The normalized spacial score (nSPS) is 10.1. The highest BCUT2D eigenvalue weighted by Gasteiger charge is 2.05. The molecule has 3 N–H and O–H groups in total. The smallest absolute Gasteiger partial charge is 0.271 e. The molecule has 0 aliphatic carbocycles. The van der Waals surface area contributed by atoms with Crippen molar-refractivity contribution in [3.63, 3.8) is 0 Å².